The van der Waals surface area contributed by atoms with Gasteiger partial charge in [0, 0.05) is 30.1 Å². The van der Waals surface area contributed by atoms with E-state index in [0.29, 0.717) is 39.4 Å². The maximum Gasteiger partial charge on any atom is 0.337 e. The number of nitrogens with zero attached hydrogens (tertiary/aromatic N) is 4. The zero-order chi connectivity index (χ0) is 22.7. The SMILES string of the molecule is CCc1nc2c(-c3ccncc3)nsc2c(=O)n1CC(=O)Nc1ccc(C(=O)OC)cc1. The summed E-state index contributed by atoms with van der Waals surface area (Å²) in [5.41, 5.74) is 2.55. The highest BCUT2D eigenvalue weighted by molar-refractivity contribution is 7.13. The molecular weight excluding hydrogens is 430 g/mol. The summed E-state index contributed by atoms with van der Waals surface area (Å²) in [6.07, 6.45) is 3.78. The standard InChI is InChI=1S/C22H19N5O4S/c1-3-16-25-19-18(13-8-10-23-11-9-13)26-32-20(19)21(29)27(16)12-17(28)24-15-6-4-14(5-7-15)22(30)31-2/h4-11H,3,12H2,1-2H3,(H,24,28). The van der Waals surface area contributed by atoms with Crippen molar-refractivity contribution in [1.82, 2.24) is 18.9 Å². The Labute approximate surface area is 186 Å². The van der Waals surface area contributed by atoms with Crippen LogP contribution in [0.4, 0.5) is 5.69 Å². The van der Waals surface area contributed by atoms with Crippen molar-refractivity contribution in [3.05, 3.63) is 70.5 Å². The molecule has 0 unspecified atom stereocenters. The highest BCUT2D eigenvalue weighted by atomic mass is 32.1. The Morgan fingerprint density at radius 1 is 1.12 bits per heavy atom. The molecule has 0 fully saturated rings. The van der Waals surface area contributed by atoms with Crippen LogP contribution in [0.15, 0.2) is 53.6 Å². The summed E-state index contributed by atoms with van der Waals surface area (Å²) in [4.78, 5) is 46.0. The van der Waals surface area contributed by atoms with Gasteiger partial charge < -0.3 is 10.1 Å². The molecule has 4 aromatic rings. The highest BCUT2D eigenvalue weighted by Gasteiger charge is 2.19. The maximum absolute atomic E-state index is 13.1. The van der Waals surface area contributed by atoms with Gasteiger partial charge in [0.15, 0.2) is 0 Å². The lowest BCUT2D eigenvalue weighted by molar-refractivity contribution is -0.116. The Bertz CT molecular complexity index is 1350. The van der Waals surface area contributed by atoms with Gasteiger partial charge in [0.2, 0.25) is 5.91 Å². The fraction of sp³-hybridized carbons (Fsp3) is 0.182. The van der Waals surface area contributed by atoms with Crippen molar-refractivity contribution in [3.63, 3.8) is 0 Å². The van der Waals surface area contributed by atoms with E-state index in [1.54, 1.807) is 36.7 Å². The number of aromatic nitrogens is 4. The zero-order valence-corrected chi connectivity index (χ0v) is 18.2. The number of hydrogen-bond donors (Lipinski definition) is 1. The van der Waals surface area contributed by atoms with E-state index in [2.05, 4.69) is 24.4 Å². The Kier molecular flexibility index (Phi) is 6.04. The molecule has 0 atom stereocenters. The van der Waals surface area contributed by atoms with Gasteiger partial charge >= 0.3 is 5.97 Å². The monoisotopic (exact) mass is 449 g/mol. The first-order chi connectivity index (χ1) is 15.5. The third-order valence-electron chi connectivity index (χ3n) is 4.82. The predicted octanol–water partition coefficient (Wildman–Crippen LogP) is 2.90. The number of ether oxygens (including phenoxy) is 1. The molecular formula is C22H19N5O4S. The number of carbonyl (C=O) groups is 2. The van der Waals surface area contributed by atoms with Gasteiger partial charge in [-0.2, -0.15) is 4.37 Å². The van der Waals surface area contributed by atoms with E-state index >= 15 is 0 Å². The second-order valence-electron chi connectivity index (χ2n) is 6.83. The number of methoxy groups -OCH3 is 1. The second kappa shape index (κ2) is 9.06. The Morgan fingerprint density at radius 2 is 1.84 bits per heavy atom. The van der Waals surface area contributed by atoms with Gasteiger partial charge in [0.1, 0.15) is 28.3 Å². The van der Waals surface area contributed by atoms with Crippen LogP contribution < -0.4 is 10.9 Å². The number of aryl methyl sites for hydroxylation is 1. The molecule has 3 heterocycles. The third kappa shape index (κ3) is 4.12. The summed E-state index contributed by atoms with van der Waals surface area (Å²) in [5.74, 6) is -0.348. The van der Waals surface area contributed by atoms with E-state index in [1.807, 2.05) is 19.1 Å². The van der Waals surface area contributed by atoms with E-state index in [1.165, 1.54) is 11.7 Å². The molecule has 0 saturated carbocycles. The number of amides is 1. The lowest BCUT2D eigenvalue weighted by Crippen LogP contribution is -2.30. The van der Waals surface area contributed by atoms with Crippen LogP contribution in [0.25, 0.3) is 21.5 Å². The van der Waals surface area contributed by atoms with Crippen LogP contribution in [0.3, 0.4) is 0 Å². The molecule has 0 saturated heterocycles. The summed E-state index contributed by atoms with van der Waals surface area (Å²) in [7, 11) is 1.30. The van der Waals surface area contributed by atoms with Gasteiger partial charge in [-0.05, 0) is 47.9 Å². The molecule has 1 N–H and O–H groups in total. The van der Waals surface area contributed by atoms with E-state index in [4.69, 9.17) is 0 Å². The normalized spacial score (nSPS) is 10.8. The van der Waals surface area contributed by atoms with Crippen molar-refractivity contribution in [2.24, 2.45) is 0 Å². The van der Waals surface area contributed by atoms with Crippen LogP contribution in [0, 0.1) is 0 Å². The van der Waals surface area contributed by atoms with Crippen LogP contribution >= 0.6 is 11.5 Å². The van der Waals surface area contributed by atoms with Crippen LogP contribution in [-0.2, 0) is 22.5 Å². The summed E-state index contributed by atoms with van der Waals surface area (Å²) >= 11 is 1.06. The summed E-state index contributed by atoms with van der Waals surface area (Å²) in [5, 5.41) is 2.73. The average Bonchev–Trinajstić information content (AvgIpc) is 3.25. The van der Waals surface area contributed by atoms with Crippen molar-refractivity contribution in [2.45, 2.75) is 19.9 Å². The summed E-state index contributed by atoms with van der Waals surface area (Å²) < 4.78 is 10.8. The van der Waals surface area contributed by atoms with Crippen LogP contribution in [0.5, 0.6) is 0 Å². The van der Waals surface area contributed by atoms with Gasteiger partial charge in [-0.3, -0.25) is 19.1 Å². The van der Waals surface area contributed by atoms with Crippen LogP contribution in [0.2, 0.25) is 0 Å². The number of rotatable bonds is 6. The molecule has 0 bridgehead atoms. The molecule has 1 amide bonds. The lowest BCUT2D eigenvalue weighted by atomic mass is 10.2. The number of nitrogens with one attached hydrogen (secondary N) is 1. The maximum atomic E-state index is 13.1. The molecule has 162 valence electrons. The molecule has 4 rings (SSSR count). The van der Waals surface area contributed by atoms with Gasteiger partial charge in [-0.15, -0.1) is 0 Å². The van der Waals surface area contributed by atoms with Gasteiger partial charge in [0.05, 0.1) is 12.7 Å². The molecule has 0 aliphatic rings. The number of fused-ring (bicyclic) bond motifs is 1. The number of pyridine rings is 1. The minimum absolute atomic E-state index is 0.188. The number of hydrogen-bond acceptors (Lipinski definition) is 8. The molecule has 32 heavy (non-hydrogen) atoms. The lowest BCUT2D eigenvalue weighted by Gasteiger charge is -2.12. The first-order valence-corrected chi connectivity index (χ1v) is 10.6. The molecule has 9 nitrogen and oxygen atoms in total. The average molecular weight is 449 g/mol. The van der Waals surface area contributed by atoms with Gasteiger partial charge in [-0.25, -0.2) is 9.78 Å². The van der Waals surface area contributed by atoms with Crippen molar-refractivity contribution >= 4 is 39.3 Å². The van der Waals surface area contributed by atoms with Crippen molar-refractivity contribution in [3.8, 4) is 11.3 Å². The fourth-order valence-corrected chi connectivity index (χ4v) is 4.03. The predicted molar refractivity (Wildman–Crippen MR) is 121 cm³/mol. The second-order valence-corrected chi connectivity index (χ2v) is 7.61. The van der Waals surface area contributed by atoms with E-state index in [0.717, 1.165) is 17.1 Å². The molecule has 0 spiro atoms. The fourth-order valence-electron chi connectivity index (χ4n) is 3.24. The van der Waals surface area contributed by atoms with Gasteiger partial charge in [-0.1, -0.05) is 6.92 Å². The smallest absolute Gasteiger partial charge is 0.337 e. The van der Waals surface area contributed by atoms with E-state index < -0.39 is 5.97 Å². The molecule has 0 aliphatic carbocycles. The van der Waals surface area contributed by atoms with Crippen molar-refractivity contribution in [2.75, 3.05) is 12.4 Å². The Morgan fingerprint density at radius 3 is 2.50 bits per heavy atom. The highest BCUT2D eigenvalue weighted by Crippen LogP contribution is 2.27. The Balaban J connectivity index is 1.61. The summed E-state index contributed by atoms with van der Waals surface area (Å²) in [6, 6.07) is 9.92. The van der Waals surface area contributed by atoms with Crippen molar-refractivity contribution in [1.29, 1.82) is 0 Å². The summed E-state index contributed by atoms with van der Waals surface area (Å²) in [6.45, 7) is 1.69. The first-order valence-electron chi connectivity index (χ1n) is 9.79. The van der Waals surface area contributed by atoms with Crippen LogP contribution in [-0.4, -0.2) is 37.9 Å². The number of esters is 1. The van der Waals surface area contributed by atoms with Gasteiger partial charge in [0.25, 0.3) is 5.56 Å². The van der Waals surface area contributed by atoms with E-state index in [9.17, 15) is 14.4 Å². The minimum Gasteiger partial charge on any atom is -0.465 e. The molecule has 0 aliphatic heterocycles. The van der Waals surface area contributed by atoms with Crippen molar-refractivity contribution < 1.29 is 14.3 Å². The number of anilines is 1. The minimum atomic E-state index is -0.461. The quantitative estimate of drug-likeness (QED) is 0.450. The third-order valence-corrected chi connectivity index (χ3v) is 5.65. The molecule has 1 aromatic carbocycles. The largest absolute Gasteiger partial charge is 0.465 e. The number of carbonyl (C=O) groups excluding carboxylic acids is 2. The Hall–Kier alpha value is -3.92. The first kappa shape index (κ1) is 21.3. The molecule has 10 heteroatoms. The molecule has 3 aromatic heterocycles. The van der Waals surface area contributed by atoms with Crippen LogP contribution in [0.1, 0.15) is 23.1 Å². The topological polar surface area (TPSA) is 116 Å². The molecule has 0 radical (unpaired) electrons. The zero-order valence-electron chi connectivity index (χ0n) is 17.4. The number of benzene rings is 1. The van der Waals surface area contributed by atoms with E-state index in [-0.39, 0.29) is 18.0 Å².